The molecule has 0 aliphatic carbocycles. The number of ether oxygens (including phenoxy) is 1. The molecule has 1 aliphatic heterocycles. The van der Waals surface area contributed by atoms with Crippen molar-refractivity contribution in [2.45, 2.75) is 26.3 Å². The van der Waals surface area contributed by atoms with Crippen LogP contribution in [0.4, 0.5) is 10.5 Å². The zero-order valence-corrected chi connectivity index (χ0v) is 14.6. The number of ketones is 1. The number of esters is 1. The molecule has 9 heteroatoms. The lowest BCUT2D eigenvalue weighted by atomic mass is 10.1. The zero-order valence-electron chi connectivity index (χ0n) is 14.6. The summed E-state index contributed by atoms with van der Waals surface area (Å²) < 4.78 is 4.79. The third kappa shape index (κ3) is 4.44. The maximum atomic E-state index is 12.0. The Labute approximate surface area is 149 Å². The first-order valence-electron chi connectivity index (χ1n) is 7.81. The fourth-order valence-corrected chi connectivity index (χ4v) is 2.27. The van der Waals surface area contributed by atoms with Crippen LogP contribution in [-0.4, -0.2) is 53.2 Å². The van der Waals surface area contributed by atoms with Crippen LogP contribution in [0.3, 0.4) is 0 Å². The lowest BCUT2D eigenvalue weighted by Crippen LogP contribution is -2.41. The Morgan fingerprint density at radius 3 is 2.27 bits per heavy atom. The maximum absolute atomic E-state index is 12.0. The van der Waals surface area contributed by atoms with Crippen molar-refractivity contribution in [2.24, 2.45) is 0 Å². The van der Waals surface area contributed by atoms with Crippen molar-refractivity contribution in [3.63, 3.8) is 0 Å². The van der Waals surface area contributed by atoms with Crippen molar-refractivity contribution < 1.29 is 28.7 Å². The topological polar surface area (TPSA) is 122 Å². The molecule has 0 saturated carbocycles. The van der Waals surface area contributed by atoms with Crippen molar-refractivity contribution in [2.75, 3.05) is 18.5 Å². The summed E-state index contributed by atoms with van der Waals surface area (Å²) in [5, 5.41) is 4.94. The number of imide groups is 1. The van der Waals surface area contributed by atoms with Crippen LogP contribution in [0.2, 0.25) is 0 Å². The quantitative estimate of drug-likeness (QED) is 0.437. The van der Waals surface area contributed by atoms with E-state index in [1.54, 1.807) is 24.3 Å². The highest BCUT2D eigenvalue weighted by atomic mass is 16.5. The minimum absolute atomic E-state index is 0.0968. The Morgan fingerprint density at radius 1 is 1.15 bits per heavy atom. The molecule has 1 aromatic carbocycles. The van der Waals surface area contributed by atoms with Gasteiger partial charge in [0.1, 0.15) is 12.1 Å². The van der Waals surface area contributed by atoms with Crippen LogP contribution in [0.25, 0.3) is 0 Å². The number of nitrogens with zero attached hydrogens (tertiary/aromatic N) is 1. The fraction of sp³-hybridized carbons (Fsp3) is 0.353. The Hall–Kier alpha value is -3.23. The highest BCUT2D eigenvalue weighted by Crippen LogP contribution is 2.16. The van der Waals surface area contributed by atoms with E-state index in [1.807, 2.05) is 0 Å². The number of Topliss-reactive ketones (excluding diaryl/α,β-unsaturated/α-hetero) is 1. The first-order chi connectivity index (χ1) is 12.1. The molecule has 9 nitrogen and oxygen atoms in total. The molecule has 0 bridgehead atoms. The number of carbonyl (C=O) groups is 5. The van der Waals surface area contributed by atoms with Gasteiger partial charge in [0.2, 0.25) is 0 Å². The summed E-state index contributed by atoms with van der Waals surface area (Å²) in [7, 11) is 0. The Balaban J connectivity index is 1.82. The van der Waals surface area contributed by atoms with E-state index in [9.17, 15) is 24.0 Å². The highest BCUT2D eigenvalue weighted by molar-refractivity contribution is 6.08. The summed E-state index contributed by atoms with van der Waals surface area (Å²) in [5.41, 5.74) is -0.140. The number of rotatable bonds is 6. The minimum atomic E-state index is -1.08. The molecule has 0 spiro atoms. The first-order valence-corrected chi connectivity index (χ1v) is 7.81. The van der Waals surface area contributed by atoms with Crippen LogP contribution in [0, 0.1) is 0 Å². The van der Waals surface area contributed by atoms with E-state index < -0.39 is 42.5 Å². The van der Waals surface area contributed by atoms with Gasteiger partial charge in [0, 0.05) is 11.3 Å². The predicted molar refractivity (Wildman–Crippen MR) is 90.4 cm³/mol. The van der Waals surface area contributed by atoms with Gasteiger partial charge in [-0.3, -0.25) is 24.1 Å². The third-order valence-electron chi connectivity index (χ3n) is 3.67. The van der Waals surface area contributed by atoms with Crippen LogP contribution in [0.5, 0.6) is 0 Å². The monoisotopic (exact) mass is 361 g/mol. The summed E-state index contributed by atoms with van der Waals surface area (Å²) in [6.45, 7) is 3.32. The number of hydrogen-bond donors (Lipinski definition) is 2. The van der Waals surface area contributed by atoms with Crippen LogP contribution < -0.4 is 10.6 Å². The van der Waals surface area contributed by atoms with E-state index in [4.69, 9.17) is 4.74 Å². The average molecular weight is 361 g/mol. The number of nitrogens with one attached hydrogen (secondary N) is 2. The maximum Gasteiger partial charge on any atom is 0.326 e. The van der Waals surface area contributed by atoms with Gasteiger partial charge in [-0.2, -0.15) is 0 Å². The standard InChI is InChI=1S/C17H19N3O6/c1-10(21)11-4-6-12(7-5-11)18-13(22)9-26-14(23)8-20-15(24)17(2,3)19-16(20)25/h4-7H,8-9H2,1-3H3,(H,18,22)(H,19,25). The first kappa shape index (κ1) is 19.1. The zero-order chi connectivity index (χ0) is 19.5. The normalized spacial score (nSPS) is 15.4. The van der Waals surface area contributed by atoms with E-state index in [2.05, 4.69) is 10.6 Å². The second kappa shape index (κ2) is 7.34. The smallest absolute Gasteiger partial charge is 0.326 e. The molecule has 1 heterocycles. The molecule has 1 aliphatic rings. The SMILES string of the molecule is CC(=O)c1ccc(NC(=O)COC(=O)CN2C(=O)NC(C)(C)C2=O)cc1. The van der Waals surface area contributed by atoms with E-state index in [-0.39, 0.29) is 5.78 Å². The van der Waals surface area contributed by atoms with Crippen LogP contribution >= 0.6 is 0 Å². The highest BCUT2D eigenvalue weighted by Gasteiger charge is 2.45. The van der Waals surface area contributed by atoms with Gasteiger partial charge in [-0.05, 0) is 45.0 Å². The van der Waals surface area contributed by atoms with Crippen LogP contribution in [-0.2, 0) is 19.1 Å². The van der Waals surface area contributed by atoms with Crippen molar-refractivity contribution in [1.82, 2.24) is 10.2 Å². The molecule has 1 saturated heterocycles. The molecule has 0 radical (unpaired) electrons. The Bertz CT molecular complexity index is 769. The Morgan fingerprint density at radius 2 is 1.77 bits per heavy atom. The van der Waals surface area contributed by atoms with E-state index in [0.29, 0.717) is 11.3 Å². The summed E-state index contributed by atoms with van der Waals surface area (Å²) >= 11 is 0. The van der Waals surface area contributed by atoms with E-state index in [1.165, 1.54) is 20.8 Å². The summed E-state index contributed by atoms with van der Waals surface area (Å²) in [6, 6.07) is 5.52. The number of amides is 4. The number of urea groups is 1. The van der Waals surface area contributed by atoms with Gasteiger partial charge < -0.3 is 15.4 Å². The Kier molecular flexibility index (Phi) is 5.39. The van der Waals surface area contributed by atoms with Crippen molar-refractivity contribution >= 4 is 35.3 Å². The number of hydrogen-bond acceptors (Lipinski definition) is 6. The number of carbonyl (C=O) groups excluding carboxylic acids is 5. The van der Waals surface area contributed by atoms with Gasteiger partial charge in [-0.1, -0.05) is 0 Å². The average Bonchev–Trinajstić information content (AvgIpc) is 2.75. The molecule has 2 rings (SSSR count). The van der Waals surface area contributed by atoms with Crippen LogP contribution in [0.1, 0.15) is 31.1 Å². The molecule has 26 heavy (non-hydrogen) atoms. The van der Waals surface area contributed by atoms with E-state index >= 15 is 0 Å². The number of anilines is 1. The lowest BCUT2D eigenvalue weighted by molar-refractivity contribution is -0.150. The molecule has 0 aromatic heterocycles. The minimum Gasteiger partial charge on any atom is -0.454 e. The molecule has 138 valence electrons. The second-order valence-electron chi connectivity index (χ2n) is 6.29. The predicted octanol–water partition coefficient (Wildman–Crippen LogP) is 0.701. The fourth-order valence-electron chi connectivity index (χ4n) is 2.27. The lowest BCUT2D eigenvalue weighted by Gasteiger charge is -2.15. The van der Waals surface area contributed by atoms with Crippen molar-refractivity contribution in [3.8, 4) is 0 Å². The second-order valence-corrected chi connectivity index (χ2v) is 6.29. The van der Waals surface area contributed by atoms with Gasteiger partial charge in [-0.25, -0.2) is 4.79 Å². The van der Waals surface area contributed by atoms with Gasteiger partial charge in [-0.15, -0.1) is 0 Å². The molecule has 1 fully saturated rings. The molecule has 2 N–H and O–H groups in total. The van der Waals surface area contributed by atoms with E-state index in [0.717, 1.165) is 4.90 Å². The summed E-state index contributed by atoms with van der Waals surface area (Å²) in [6.07, 6.45) is 0. The molecule has 4 amide bonds. The third-order valence-corrected chi connectivity index (χ3v) is 3.67. The summed E-state index contributed by atoms with van der Waals surface area (Å²) in [5.74, 6) is -2.12. The van der Waals surface area contributed by atoms with Gasteiger partial charge in [0.25, 0.3) is 11.8 Å². The largest absolute Gasteiger partial charge is 0.454 e. The molecule has 0 atom stereocenters. The van der Waals surface area contributed by atoms with Crippen LogP contribution in [0.15, 0.2) is 24.3 Å². The van der Waals surface area contributed by atoms with Gasteiger partial charge in [0.05, 0.1) is 0 Å². The molecule has 1 aromatic rings. The van der Waals surface area contributed by atoms with Crippen molar-refractivity contribution in [1.29, 1.82) is 0 Å². The van der Waals surface area contributed by atoms with Gasteiger partial charge in [0.15, 0.2) is 12.4 Å². The molecule has 0 unspecified atom stereocenters. The molecular formula is C17H19N3O6. The summed E-state index contributed by atoms with van der Waals surface area (Å²) in [4.78, 5) is 59.1. The number of benzene rings is 1. The molecular weight excluding hydrogens is 342 g/mol. The van der Waals surface area contributed by atoms with Crippen molar-refractivity contribution in [3.05, 3.63) is 29.8 Å². The van der Waals surface area contributed by atoms with Gasteiger partial charge >= 0.3 is 12.0 Å².